The normalized spacial score (nSPS) is 39.9. The lowest BCUT2D eigenvalue weighted by molar-refractivity contribution is -0.209. The van der Waals surface area contributed by atoms with E-state index in [2.05, 4.69) is 13.5 Å². The Hall–Kier alpha value is -1.55. The van der Waals surface area contributed by atoms with Crippen molar-refractivity contribution < 1.29 is 19.1 Å². The molecule has 130 valence electrons. The van der Waals surface area contributed by atoms with Crippen molar-refractivity contribution in [2.45, 2.75) is 51.6 Å². The quantitative estimate of drug-likeness (QED) is 0.672. The van der Waals surface area contributed by atoms with Crippen LogP contribution >= 0.6 is 0 Å². The standard InChI is InChI=1S/C20H26O4/c1-13-4-5-17-19(2)7-3-8-20(17,18(22)24-12-19)15(13)10-16(21)14-6-9-23-11-14/h6,9,11,15-17,21H,1,3-5,7-8,10,12H2,2H3/t15-,16+,17?,19-,20-/m1/s1. The summed E-state index contributed by atoms with van der Waals surface area (Å²) in [7, 11) is 0. The predicted octanol–water partition coefficient (Wildman–Crippen LogP) is 4.02. The van der Waals surface area contributed by atoms with Crippen molar-refractivity contribution in [1.29, 1.82) is 0 Å². The first-order chi connectivity index (χ1) is 11.5. The lowest BCUT2D eigenvalue weighted by Crippen LogP contribution is -2.61. The van der Waals surface area contributed by atoms with Gasteiger partial charge in [0.1, 0.15) is 0 Å². The first-order valence-corrected chi connectivity index (χ1v) is 9.02. The molecule has 0 spiro atoms. The van der Waals surface area contributed by atoms with E-state index in [1.54, 1.807) is 18.6 Å². The third kappa shape index (κ3) is 2.12. The molecule has 0 aromatic carbocycles. The minimum Gasteiger partial charge on any atom is -0.472 e. The topological polar surface area (TPSA) is 59.7 Å². The predicted molar refractivity (Wildman–Crippen MR) is 89.0 cm³/mol. The van der Waals surface area contributed by atoms with Gasteiger partial charge in [-0.3, -0.25) is 4.79 Å². The van der Waals surface area contributed by atoms with Crippen LogP contribution in [-0.4, -0.2) is 17.7 Å². The summed E-state index contributed by atoms with van der Waals surface area (Å²) in [4.78, 5) is 13.0. The van der Waals surface area contributed by atoms with Gasteiger partial charge in [-0.25, -0.2) is 0 Å². The summed E-state index contributed by atoms with van der Waals surface area (Å²) in [5.74, 6) is 0.260. The van der Waals surface area contributed by atoms with Crippen molar-refractivity contribution >= 4 is 5.97 Å². The van der Waals surface area contributed by atoms with Crippen LogP contribution in [0, 0.1) is 22.7 Å². The Bertz CT molecular complexity index is 649. The molecule has 4 rings (SSSR count). The van der Waals surface area contributed by atoms with Gasteiger partial charge in [0, 0.05) is 11.0 Å². The Balaban J connectivity index is 1.71. The number of ether oxygens (including phenoxy) is 1. The number of cyclic esters (lactones) is 1. The number of esters is 1. The highest BCUT2D eigenvalue weighted by Gasteiger charge is 2.64. The summed E-state index contributed by atoms with van der Waals surface area (Å²) in [6.07, 6.45) is 8.01. The second-order valence-electron chi connectivity index (χ2n) is 8.23. The van der Waals surface area contributed by atoms with Crippen LogP contribution in [0.3, 0.4) is 0 Å². The Labute approximate surface area is 142 Å². The van der Waals surface area contributed by atoms with Gasteiger partial charge in [-0.1, -0.05) is 25.5 Å². The second-order valence-corrected chi connectivity index (χ2v) is 8.23. The fourth-order valence-electron chi connectivity index (χ4n) is 5.77. The molecule has 1 aromatic rings. The van der Waals surface area contributed by atoms with E-state index in [4.69, 9.17) is 9.15 Å². The van der Waals surface area contributed by atoms with Gasteiger partial charge >= 0.3 is 5.97 Å². The van der Waals surface area contributed by atoms with Gasteiger partial charge in [-0.15, -0.1) is 0 Å². The number of aliphatic hydroxyl groups excluding tert-OH is 1. The highest BCUT2D eigenvalue weighted by molar-refractivity contribution is 5.80. The summed E-state index contributed by atoms with van der Waals surface area (Å²) < 4.78 is 10.8. The van der Waals surface area contributed by atoms with E-state index in [9.17, 15) is 9.90 Å². The third-order valence-electron chi connectivity index (χ3n) is 6.97. The molecule has 3 fully saturated rings. The van der Waals surface area contributed by atoms with E-state index in [-0.39, 0.29) is 17.3 Å². The smallest absolute Gasteiger partial charge is 0.313 e. The monoisotopic (exact) mass is 330 g/mol. The summed E-state index contributed by atoms with van der Waals surface area (Å²) >= 11 is 0. The Morgan fingerprint density at radius 3 is 3.04 bits per heavy atom. The van der Waals surface area contributed by atoms with E-state index in [0.29, 0.717) is 18.9 Å². The van der Waals surface area contributed by atoms with Crippen LogP contribution in [0.25, 0.3) is 0 Å². The van der Waals surface area contributed by atoms with Crippen molar-refractivity contribution in [2.24, 2.45) is 22.7 Å². The van der Waals surface area contributed by atoms with Gasteiger partial charge < -0.3 is 14.3 Å². The maximum atomic E-state index is 13.0. The lowest BCUT2D eigenvalue weighted by Gasteiger charge is -2.61. The van der Waals surface area contributed by atoms with Gasteiger partial charge in [0.15, 0.2) is 0 Å². The molecular formula is C20H26O4. The average Bonchev–Trinajstić information content (AvgIpc) is 3.09. The van der Waals surface area contributed by atoms with Gasteiger partial charge in [-0.05, 0) is 50.0 Å². The molecule has 1 unspecified atom stereocenters. The molecule has 2 saturated carbocycles. The molecule has 0 amide bonds. The number of rotatable bonds is 3. The third-order valence-corrected chi connectivity index (χ3v) is 6.97. The van der Waals surface area contributed by atoms with E-state index in [1.807, 2.05) is 0 Å². The zero-order valence-corrected chi connectivity index (χ0v) is 14.3. The summed E-state index contributed by atoms with van der Waals surface area (Å²) in [6, 6.07) is 1.79. The molecule has 3 aliphatic rings. The average molecular weight is 330 g/mol. The number of aliphatic hydroxyl groups is 1. The Morgan fingerprint density at radius 2 is 2.29 bits per heavy atom. The van der Waals surface area contributed by atoms with Gasteiger partial charge in [-0.2, -0.15) is 0 Å². The van der Waals surface area contributed by atoms with Crippen molar-refractivity contribution in [3.05, 3.63) is 36.3 Å². The number of furan rings is 1. The van der Waals surface area contributed by atoms with E-state index in [0.717, 1.165) is 43.2 Å². The van der Waals surface area contributed by atoms with Crippen molar-refractivity contribution in [3.8, 4) is 0 Å². The molecule has 1 saturated heterocycles. The van der Waals surface area contributed by atoms with E-state index in [1.165, 1.54) is 0 Å². The van der Waals surface area contributed by atoms with Crippen molar-refractivity contribution in [3.63, 3.8) is 0 Å². The fraction of sp³-hybridized carbons (Fsp3) is 0.650. The molecule has 1 N–H and O–H groups in total. The highest BCUT2D eigenvalue weighted by atomic mass is 16.5. The van der Waals surface area contributed by atoms with Crippen LogP contribution in [0.15, 0.2) is 35.2 Å². The number of hydrogen-bond donors (Lipinski definition) is 1. The number of allylic oxidation sites excluding steroid dienone is 1. The minimum absolute atomic E-state index is 0.0198. The van der Waals surface area contributed by atoms with Gasteiger partial charge in [0.05, 0.1) is 30.7 Å². The van der Waals surface area contributed by atoms with Gasteiger partial charge in [0.2, 0.25) is 0 Å². The second kappa shape index (κ2) is 5.48. The van der Waals surface area contributed by atoms with E-state index < -0.39 is 11.5 Å². The molecular weight excluding hydrogens is 304 g/mol. The van der Waals surface area contributed by atoms with Crippen LogP contribution in [0.5, 0.6) is 0 Å². The number of carbonyl (C=O) groups is 1. The summed E-state index contributed by atoms with van der Waals surface area (Å²) in [5.41, 5.74) is 1.44. The molecule has 1 aromatic heterocycles. The van der Waals surface area contributed by atoms with Crippen LogP contribution in [0.2, 0.25) is 0 Å². The van der Waals surface area contributed by atoms with Crippen molar-refractivity contribution in [1.82, 2.24) is 0 Å². The summed E-state index contributed by atoms with van der Waals surface area (Å²) in [6.45, 7) is 7.09. The zero-order chi connectivity index (χ0) is 16.9. The molecule has 2 bridgehead atoms. The van der Waals surface area contributed by atoms with Crippen LogP contribution in [0.4, 0.5) is 0 Å². The molecule has 0 radical (unpaired) electrons. The largest absolute Gasteiger partial charge is 0.472 e. The SMILES string of the molecule is C=C1CCC2[C@]3(C)CCC[C@@]2(C(=O)OC3)[C@@H]1C[C@H](O)c1ccoc1. The molecule has 2 heterocycles. The fourth-order valence-corrected chi connectivity index (χ4v) is 5.77. The zero-order valence-electron chi connectivity index (χ0n) is 14.3. The van der Waals surface area contributed by atoms with Crippen molar-refractivity contribution in [2.75, 3.05) is 6.61 Å². The molecule has 4 nitrogen and oxygen atoms in total. The van der Waals surface area contributed by atoms with Gasteiger partial charge in [0.25, 0.3) is 0 Å². The molecule has 5 atom stereocenters. The first kappa shape index (κ1) is 15.9. The lowest BCUT2D eigenvalue weighted by atomic mass is 9.45. The Morgan fingerprint density at radius 1 is 1.46 bits per heavy atom. The number of carbonyl (C=O) groups excluding carboxylic acids is 1. The van der Waals surface area contributed by atoms with Crippen LogP contribution < -0.4 is 0 Å². The molecule has 1 aliphatic heterocycles. The molecule has 4 heteroatoms. The molecule has 24 heavy (non-hydrogen) atoms. The van der Waals surface area contributed by atoms with E-state index >= 15 is 0 Å². The first-order valence-electron chi connectivity index (χ1n) is 9.02. The highest BCUT2D eigenvalue weighted by Crippen LogP contribution is 2.65. The molecule has 2 aliphatic carbocycles. The maximum Gasteiger partial charge on any atom is 0.313 e. The van der Waals surface area contributed by atoms with Crippen LogP contribution in [-0.2, 0) is 9.53 Å². The Kier molecular flexibility index (Phi) is 3.64. The maximum absolute atomic E-state index is 13.0. The summed E-state index contributed by atoms with van der Waals surface area (Å²) in [5, 5.41) is 10.7. The van der Waals surface area contributed by atoms with Crippen LogP contribution in [0.1, 0.15) is 57.1 Å². The minimum atomic E-state index is -0.637. The number of hydrogen-bond acceptors (Lipinski definition) is 4.